The maximum absolute atomic E-state index is 12.2. The Balaban J connectivity index is 1.53. The maximum Gasteiger partial charge on any atom is 0.220 e. The van der Waals surface area contributed by atoms with Crippen LogP contribution < -0.4 is 5.32 Å². The van der Waals surface area contributed by atoms with Gasteiger partial charge in [0.1, 0.15) is 9.84 Å². The van der Waals surface area contributed by atoms with Crippen molar-refractivity contribution in [2.45, 2.75) is 51.0 Å². The molecule has 1 N–H and O–H groups in total. The zero-order chi connectivity index (χ0) is 13.7. The van der Waals surface area contributed by atoms with Crippen molar-refractivity contribution in [3.05, 3.63) is 0 Å². The number of amides is 1. The second-order valence-electron chi connectivity index (χ2n) is 7.02. The fourth-order valence-corrected chi connectivity index (χ4v) is 4.72. The van der Waals surface area contributed by atoms with Gasteiger partial charge in [-0.05, 0) is 55.8 Å². The number of sulfone groups is 1. The van der Waals surface area contributed by atoms with Crippen molar-refractivity contribution < 1.29 is 13.2 Å². The van der Waals surface area contributed by atoms with Gasteiger partial charge in [0.2, 0.25) is 5.91 Å². The highest BCUT2D eigenvalue weighted by atomic mass is 32.2. The zero-order valence-corrected chi connectivity index (χ0v) is 12.3. The van der Waals surface area contributed by atoms with Gasteiger partial charge in [0.15, 0.2) is 0 Å². The van der Waals surface area contributed by atoms with Crippen LogP contribution in [-0.4, -0.2) is 32.4 Å². The van der Waals surface area contributed by atoms with Gasteiger partial charge >= 0.3 is 0 Å². The number of carbonyl (C=O) groups is 1. The summed E-state index contributed by atoms with van der Waals surface area (Å²) in [7, 11) is -2.98. The first-order valence-corrected chi connectivity index (χ1v) is 9.40. The molecule has 3 rings (SSSR count). The molecule has 0 aromatic heterocycles. The van der Waals surface area contributed by atoms with E-state index < -0.39 is 9.84 Å². The third-order valence-corrected chi connectivity index (χ3v) is 5.79. The molecule has 3 aliphatic rings. The first kappa shape index (κ1) is 13.4. The molecule has 0 spiro atoms. The Bertz CT molecular complexity index is 461. The third-order valence-electron chi connectivity index (χ3n) is 4.65. The van der Waals surface area contributed by atoms with E-state index in [4.69, 9.17) is 0 Å². The summed E-state index contributed by atoms with van der Waals surface area (Å²) in [6.07, 6.45) is 8.41. The Hall–Kier alpha value is -0.580. The summed E-state index contributed by atoms with van der Waals surface area (Å²) < 4.78 is 22.8. The van der Waals surface area contributed by atoms with Crippen LogP contribution in [0.3, 0.4) is 0 Å². The van der Waals surface area contributed by atoms with Crippen LogP contribution >= 0.6 is 0 Å². The highest BCUT2D eigenvalue weighted by molar-refractivity contribution is 7.90. The van der Waals surface area contributed by atoms with Gasteiger partial charge in [-0.15, -0.1) is 0 Å². The molecule has 19 heavy (non-hydrogen) atoms. The quantitative estimate of drug-likeness (QED) is 0.771. The highest BCUT2D eigenvalue weighted by Crippen LogP contribution is 2.50. The van der Waals surface area contributed by atoms with Crippen LogP contribution in [0.2, 0.25) is 0 Å². The lowest BCUT2D eigenvalue weighted by Gasteiger charge is -2.20. The maximum atomic E-state index is 12.2. The van der Waals surface area contributed by atoms with Gasteiger partial charge < -0.3 is 5.32 Å². The van der Waals surface area contributed by atoms with E-state index in [1.54, 1.807) is 0 Å². The summed E-state index contributed by atoms with van der Waals surface area (Å²) in [5, 5.41) is 3.19. The molecule has 3 aliphatic carbocycles. The van der Waals surface area contributed by atoms with E-state index in [0.717, 1.165) is 12.8 Å². The van der Waals surface area contributed by atoms with E-state index in [-0.39, 0.29) is 17.1 Å². The Kier molecular flexibility index (Phi) is 3.15. The van der Waals surface area contributed by atoms with Gasteiger partial charge in [-0.2, -0.15) is 0 Å². The van der Waals surface area contributed by atoms with Crippen molar-refractivity contribution in [1.82, 2.24) is 5.32 Å². The molecule has 0 radical (unpaired) electrons. The Morgan fingerprint density at radius 1 is 1.21 bits per heavy atom. The van der Waals surface area contributed by atoms with Crippen LogP contribution in [0.15, 0.2) is 0 Å². The molecule has 0 aliphatic heterocycles. The van der Waals surface area contributed by atoms with Gasteiger partial charge in [-0.1, -0.05) is 0 Å². The minimum Gasteiger partial charge on any atom is -0.353 e. The van der Waals surface area contributed by atoms with E-state index in [1.807, 2.05) is 0 Å². The summed E-state index contributed by atoms with van der Waals surface area (Å²) in [5.74, 6) is 1.64. The minimum atomic E-state index is -2.98. The number of nitrogens with one attached hydrogen (secondary N) is 1. The van der Waals surface area contributed by atoms with Gasteiger partial charge in [-0.3, -0.25) is 4.79 Å². The molecule has 1 amide bonds. The predicted octanol–water partition coefficient (Wildman–Crippen LogP) is 1.51. The summed E-state index contributed by atoms with van der Waals surface area (Å²) in [6, 6.07) is 0.376. The molecule has 3 saturated carbocycles. The van der Waals surface area contributed by atoms with Crippen LogP contribution in [0, 0.1) is 17.3 Å². The van der Waals surface area contributed by atoms with Crippen LogP contribution in [0.5, 0.6) is 0 Å². The van der Waals surface area contributed by atoms with Crippen LogP contribution in [0.25, 0.3) is 0 Å². The van der Waals surface area contributed by atoms with Crippen molar-refractivity contribution in [1.29, 1.82) is 0 Å². The van der Waals surface area contributed by atoms with E-state index in [2.05, 4.69) is 5.32 Å². The fourth-order valence-electron chi connectivity index (χ4n) is 3.21. The standard InChI is InChI=1S/C14H23NO3S/c1-19(17,18)9-14(6-7-14)8-12(16)15-13(10-2-3-10)11-4-5-11/h10-11,13H,2-9H2,1H3,(H,15,16). The Labute approximate surface area is 115 Å². The number of rotatable bonds is 7. The Morgan fingerprint density at radius 2 is 1.74 bits per heavy atom. The normalized spacial score (nSPS) is 25.4. The minimum absolute atomic E-state index is 0.0740. The number of hydrogen-bond acceptors (Lipinski definition) is 3. The lowest BCUT2D eigenvalue weighted by molar-refractivity contribution is -0.123. The van der Waals surface area contributed by atoms with E-state index in [0.29, 0.717) is 24.3 Å². The molecule has 5 heteroatoms. The van der Waals surface area contributed by atoms with Gasteiger partial charge in [0, 0.05) is 18.7 Å². The molecule has 0 unspecified atom stereocenters. The first-order chi connectivity index (χ1) is 8.87. The molecule has 0 atom stereocenters. The molecule has 0 aromatic rings. The second-order valence-corrected chi connectivity index (χ2v) is 9.16. The van der Waals surface area contributed by atoms with Crippen LogP contribution in [0.1, 0.15) is 44.9 Å². The van der Waals surface area contributed by atoms with E-state index >= 15 is 0 Å². The van der Waals surface area contributed by atoms with Crippen molar-refractivity contribution >= 4 is 15.7 Å². The van der Waals surface area contributed by atoms with Crippen molar-refractivity contribution in [2.75, 3.05) is 12.0 Å². The number of hydrogen-bond donors (Lipinski definition) is 1. The average molecular weight is 285 g/mol. The smallest absolute Gasteiger partial charge is 0.220 e. The van der Waals surface area contributed by atoms with Crippen molar-refractivity contribution in [3.63, 3.8) is 0 Å². The van der Waals surface area contributed by atoms with Crippen molar-refractivity contribution in [3.8, 4) is 0 Å². The topological polar surface area (TPSA) is 63.2 Å². The molecule has 0 aromatic carbocycles. The third kappa shape index (κ3) is 3.71. The largest absolute Gasteiger partial charge is 0.353 e. The molecule has 3 fully saturated rings. The fraction of sp³-hybridized carbons (Fsp3) is 0.929. The average Bonchev–Trinajstić information content (AvgIpc) is 3.06. The van der Waals surface area contributed by atoms with Gasteiger partial charge in [-0.25, -0.2) is 8.42 Å². The van der Waals surface area contributed by atoms with Gasteiger partial charge in [0.25, 0.3) is 0 Å². The molecule has 0 saturated heterocycles. The van der Waals surface area contributed by atoms with E-state index in [1.165, 1.54) is 31.9 Å². The summed E-state index contributed by atoms with van der Waals surface area (Å²) in [4.78, 5) is 12.2. The van der Waals surface area contributed by atoms with Crippen LogP contribution in [-0.2, 0) is 14.6 Å². The zero-order valence-electron chi connectivity index (χ0n) is 11.5. The van der Waals surface area contributed by atoms with Crippen molar-refractivity contribution in [2.24, 2.45) is 17.3 Å². The van der Waals surface area contributed by atoms with Gasteiger partial charge in [0.05, 0.1) is 5.75 Å². The monoisotopic (exact) mass is 285 g/mol. The summed E-state index contributed by atoms with van der Waals surface area (Å²) in [5.41, 5.74) is -0.241. The summed E-state index contributed by atoms with van der Waals surface area (Å²) in [6.45, 7) is 0. The lowest BCUT2D eigenvalue weighted by Crippen LogP contribution is -2.39. The van der Waals surface area contributed by atoms with E-state index in [9.17, 15) is 13.2 Å². The Morgan fingerprint density at radius 3 is 2.11 bits per heavy atom. The van der Waals surface area contributed by atoms with Crippen LogP contribution in [0.4, 0.5) is 0 Å². The molecular weight excluding hydrogens is 262 g/mol. The molecular formula is C14H23NO3S. The molecule has 108 valence electrons. The SMILES string of the molecule is CS(=O)(=O)CC1(CC(=O)NC(C2CC2)C2CC2)CC1. The highest BCUT2D eigenvalue weighted by Gasteiger charge is 2.48. The summed E-state index contributed by atoms with van der Waals surface area (Å²) >= 11 is 0. The molecule has 0 heterocycles. The second kappa shape index (κ2) is 4.47. The predicted molar refractivity (Wildman–Crippen MR) is 73.4 cm³/mol. The molecule has 0 bridgehead atoms. The molecule has 4 nitrogen and oxygen atoms in total. The first-order valence-electron chi connectivity index (χ1n) is 7.34. The number of carbonyl (C=O) groups excluding carboxylic acids is 1. The lowest BCUT2D eigenvalue weighted by atomic mass is 10.0.